The number of carboxylic acids is 1. The first-order chi connectivity index (χ1) is 21.3. The number of halogens is 1. The van der Waals surface area contributed by atoms with E-state index in [-0.39, 0.29) is 18.5 Å². The van der Waals surface area contributed by atoms with Gasteiger partial charge in [0.25, 0.3) is 5.91 Å². The smallest absolute Gasteiger partial charge is 0.329 e. The van der Waals surface area contributed by atoms with Gasteiger partial charge >= 0.3 is 5.97 Å². The Labute approximate surface area is 260 Å². The second kappa shape index (κ2) is 12.2. The van der Waals surface area contributed by atoms with Crippen LogP contribution in [0, 0.1) is 18.7 Å². The maximum absolute atomic E-state index is 13.7. The number of hydrogen-bond donors (Lipinski definition) is 2. The highest BCUT2D eigenvalue weighted by atomic mass is 32.2. The predicted octanol–water partition coefficient (Wildman–Crippen LogP) is 6.67. The summed E-state index contributed by atoms with van der Waals surface area (Å²) >= 11 is 1.58. The Bertz CT molecular complexity index is 1710. The van der Waals surface area contributed by atoms with Crippen molar-refractivity contribution in [3.8, 4) is 22.6 Å². The van der Waals surface area contributed by atoms with Gasteiger partial charge in [0.1, 0.15) is 11.4 Å². The van der Waals surface area contributed by atoms with Crippen LogP contribution in [0.4, 0.5) is 10.1 Å². The highest BCUT2D eigenvalue weighted by Crippen LogP contribution is 2.46. The van der Waals surface area contributed by atoms with Crippen molar-refractivity contribution in [2.45, 2.75) is 32.0 Å². The fourth-order valence-electron chi connectivity index (χ4n) is 5.81. The SMILES string of the molecule is CSCC1C[C@@]1(NC(=O)c1ccc(CN(Cc2ccc(F)cc2)c2ccc3c(c2)OCO3)cc1-c1ccccc1C)C(=O)O. The molecule has 2 N–H and O–H groups in total. The number of ether oxygens (including phenoxy) is 2. The van der Waals surface area contributed by atoms with E-state index in [2.05, 4.69) is 10.2 Å². The van der Waals surface area contributed by atoms with E-state index in [0.29, 0.717) is 42.3 Å². The number of carboxylic acid groups (broad SMARTS) is 1. The van der Waals surface area contributed by atoms with Crippen LogP contribution in [0.1, 0.15) is 33.5 Å². The number of carbonyl (C=O) groups is 2. The molecule has 0 aromatic heterocycles. The average molecular weight is 613 g/mol. The lowest BCUT2D eigenvalue weighted by Gasteiger charge is -2.26. The highest BCUT2D eigenvalue weighted by Gasteiger charge is 2.61. The third-order valence-corrected chi connectivity index (χ3v) is 9.07. The van der Waals surface area contributed by atoms with Gasteiger partial charge in [0.15, 0.2) is 11.5 Å². The first-order valence-electron chi connectivity index (χ1n) is 14.4. The molecule has 2 atom stereocenters. The molecule has 0 bridgehead atoms. The molecule has 0 spiro atoms. The number of nitrogens with zero attached hydrogens (tertiary/aromatic N) is 1. The topological polar surface area (TPSA) is 88.1 Å². The second-order valence-electron chi connectivity index (χ2n) is 11.3. The van der Waals surface area contributed by atoms with Crippen molar-refractivity contribution >= 4 is 29.3 Å². The minimum Gasteiger partial charge on any atom is -0.479 e. The van der Waals surface area contributed by atoms with E-state index in [4.69, 9.17) is 9.47 Å². The van der Waals surface area contributed by atoms with Gasteiger partial charge in [-0.1, -0.05) is 42.5 Å². The first-order valence-corrected chi connectivity index (χ1v) is 15.8. The maximum atomic E-state index is 13.7. The highest BCUT2D eigenvalue weighted by molar-refractivity contribution is 7.98. The van der Waals surface area contributed by atoms with E-state index >= 15 is 0 Å². The molecule has 1 unspecified atom stereocenters. The number of thioether (sulfide) groups is 1. The summed E-state index contributed by atoms with van der Waals surface area (Å²) in [5.74, 6) is 0.199. The zero-order valence-electron chi connectivity index (χ0n) is 24.5. The van der Waals surface area contributed by atoms with E-state index in [1.165, 1.54) is 12.1 Å². The number of amides is 1. The fourth-order valence-corrected chi connectivity index (χ4v) is 6.61. The number of benzene rings is 4. The molecule has 0 radical (unpaired) electrons. The summed E-state index contributed by atoms with van der Waals surface area (Å²) in [6.45, 7) is 3.14. The van der Waals surface area contributed by atoms with Crippen LogP contribution in [0.5, 0.6) is 11.5 Å². The van der Waals surface area contributed by atoms with Crippen molar-refractivity contribution in [3.05, 3.63) is 113 Å². The van der Waals surface area contributed by atoms with Gasteiger partial charge in [-0.15, -0.1) is 0 Å². The third kappa shape index (κ3) is 5.97. The molecule has 226 valence electrons. The molecule has 1 amide bonds. The molecule has 1 aliphatic carbocycles. The number of hydrogen-bond acceptors (Lipinski definition) is 6. The Kier molecular flexibility index (Phi) is 8.23. The molecule has 1 aliphatic heterocycles. The van der Waals surface area contributed by atoms with E-state index in [1.807, 2.05) is 67.8 Å². The molecule has 1 saturated carbocycles. The number of anilines is 1. The van der Waals surface area contributed by atoms with Gasteiger partial charge in [0, 0.05) is 36.3 Å². The lowest BCUT2D eigenvalue weighted by molar-refractivity contribution is -0.140. The zero-order valence-corrected chi connectivity index (χ0v) is 25.3. The van der Waals surface area contributed by atoms with Crippen molar-refractivity contribution in [1.29, 1.82) is 0 Å². The van der Waals surface area contributed by atoms with Gasteiger partial charge < -0.3 is 24.8 Å². The number of carbonyl (C=O) groups excluding carboxylic acids is 1. The predicted molar refractivity (Wildman–Crippen MR) is 170 cm³/mol. The standard InChI is InChI=1S/C35H33FN2O5S/c1-22-5-3-4-6-28(22)30-15-24(9-13-29(30)33(39)37-35(34(40)41)17-25(35)20-44-2)19-38(18-23-7-10-26(36)11-8-23)27-12-14-31-32(16-27)43-21-42-31/h3-16,25H,17-21H2,1-2H3,(H,37,39)(H,40,41)/t25?,35-/m0/s1. The summed E-state index contributed by atoms with van der Waals surface area (Å²) in [6.07, 6.45) is 2.35. The molecule has 1 fully saturated rings. The van der Waals surface area contributed by atoms with Gasteiger partial charge in [0.2, 0.25) is 6.79 Å². The van der Waals surface area contributed by atoms with E-state index in [1.54, 1.807) is 30.0 Å². The zero-order chi connectivity index (χ0) is 30.8. The normalized spacial score (nSPS) is 18.1. The van der Waals surface area contributed by atoms with Crippen molar-refractivity contribution < 1.29 is 28.6 Å². The molecule has 6 rings (SSSR count). The summed E-state index contributed by atoms with van der Waals surface area (Å²) in [7, 11) is 0. The van der Waals surface area contributed by atoms with Crippen LogP contribution in [-0.2, 0) is 17.9 Å². The average Bonchev–Trinajstić information content (AvgIpc) is 3.49. The summed E-state index contributed by atoms with van der Waals surface area (Å²) in [5, 5.41) is 12.9. The Hall–Kier alpha value is -4.50. The molecule has 0 saturated heterocycles. The molecule has 7 nitrogen and oxygen atoms in total. The lowest BCUT2D eigenvalue weighted by Crippen LogP contribution is -2.45. The molecular formula is C35H33FN2O5S. The van der Waals surface area contributed by atoms with Crippen LogP contribution in [0.15, 0.2) is 84.9 Å². The number of rotatable bonds is 11. The van der Waals surface area contributed by atoms with Gasteiger partial charge in [-0.25, -0.2) is 9.18 Å². The largest absolute Gasteiger partial charge is 0.479 e. The summed E-state index contributed by atoms with van der Waals surface area (Å²) in [4.78, 5) is 28.1. The summed E-state index contributed by atoms with van der Waals surface area (Å²) < 4.78 is 24.8. The number of nitrogens with one attached hydrogen (secondary N) is 1. The molecule has 4 aromatic rings. The van der Waals surface area contributed by atoms with Crippen LogP contribution in [-0.4, -0.2) is 41.3 Å². The van der Waals surface area contributed by atoms with Crippen LogP contribution in [0.2, 0.25) is 0 Å². The third-order valence-electron chi connectivity index (χ3n) is 8.34. The molecule has 1 heterocycles. The van der Waals surface area contributed by atoms with Crippen molar-refractivity contribution in [1.82, 2.24) is 5.32 Å². The first kappa shape index (κ1) is 29.6. The number of fused-ring (bicyclic) bond motifs is 1. The van der Waals surface area contributed by atoms with Gasteiger partial charge in [0.05, 0.1) is 0 Å². The van der Waals surface area contributed by atoms with Gasteiger partial charge in [-0.3, -0.25) is 4.79 Å². The van der Waals surface area contributed by atoms with Gasteiger partial charge in [-0.2, -0.15) is 11.8 Å². The monoisotopic (exact) mass is 612 g/mol. The fraction of sp³-hybridized carbons (Fsp3) is 0.257. The van der Waals surface area contributed by atoms with Crippen molar-refractivity contribution in [2.75, 3.05) is 23.7 Å². The minimum absolute atomic E-state index is 0.109. The Morgan fingerprint density at radius 3 is 2.43 bits per heavy atom. The van der Waals surface area contributed by atoms with E-state index in [0.717, 1.165) is 33.5 Å². The molecule has 9 heteroatoms. The molecule has 44 heavy (non-hydrogen) atoms. The van der Waals surface area contributed by atoms with Crippen LogP contribution in [0.25, 0.3) is 11.1 Å². The van der Waals surface area contributed by atoms with E-state index < -0.39 is 17.4 Å². The minimum atomic E-state index is -1.24. The van der Waals surface area contributed by atoms with Crippen LogP contribution >= 0.6 is 11.8 Å². The Balaban J connectivity index is 1.36. The van der Waals surface area contributed by atoms with Crippen LogP contribution < -0.4 is 19.7 Å². The Morgan fingerprint density at radius 2 is 1.68 bits per heavy atom. The second-order valence-corrected chi connectivity index (χ2v) is 12.2. The lowest BCUT2D eigenvalue weighted by atomic mass is 9.93. The van der Waals surface area contributed by atoms with Crippen LogP contribution in [0.3, 0.4) is 0 Å². The molecule has 4 aromatic carbocycles. The molecular weight excluding hydrogens is 579 g/mol. The summed E-state index contributed by atoms with van der Waals surface area (Å²) in [6, 6.07) is 25.7. The Morgan fingerprint density at radius 1 is 0.955 bits per heavy atom. The number of aryl methyl sites for hydroxylation is 1. The molecule has 2 aliphatic rings. The summed E-state index contributed by atoms with van der Waals surface area (Å²) in [5.41, 5.74) is 4.58. The maximum Gasteiger partial charge on any atom is 0.329 e. The number of aliphatic carboxylic acids is 1. The van der Waals surface area contributed by atoms with Gasteiger partial charge in [-0.05, 0) is 89.6 Å². The van der Waals surface area contributed by atoms with Crippen molar-refractivity contribution in [3.63, 3.8) is 0 Å². The van der Waals surface area contributed by atoms with Crippen molar-refractivity contribution in [2.24, 2.45) is 5.92 Å². The van der Waals surface area contributed by atoms with E-state index in [9.17, 15) is 19.1 Å². The quantitative estimate of drug-likeness (QED) is 0.196.